The third kappa shape index (κ3) is 4.64. The maximum absolute atomic E-state index is 14.1. The van der Waals surface area contributed by atoms with E-state index in [9.17, 15) is 13.2 Å². The van der Waals surface area contributed by atoms with E-state index in [0.29, 0.717) is 29.5 Å². The van der Waals surface area contributed by atoms with Gasteiger partial charge in [0.05, 0.1) is 11.4 Å². The van der Waals surface area contributed by atoms with Gasteiger partial charge in [0.25, 0.3) is 0 Å². The second kappa shape index (κ2) is 8.46. The van der Waals surface area contributed by atoms with Crippen molar-refractivity contribution in [1.82, 2.24) is 15.0 Å². The van der Waals surface area contributed by atoms with Crippen LogP contribution >= 0.6 is 0 Å². The maximum atomic E-state index is 14.1. The molecular formula is C21H20F3N5. The zero-order chi connectivity index (χ0) is 20.2. The number of hydrogen-bond acceptors (Lipinski definition) is 5. The van der Waals surface area contributed by atoms with Crippen molar-refractivity contribution < 1.29 is 13.2 Å². The van der Waals surface area contributed by atoms with Gasteiger partial charge in [-0.05, 0) is 25.0 Å². The first-order valence-corrected chi connectivity index (χ1v) is 9.57. The Morgan fingerprint density at radius 3 is 2.31 bits per heavy atom. The van der Waals surface area contributed by atoms with Crippen LogP contribution in [0.25, 0.3) is 11.4 Å². The Kier molecular flexibility index (Phi) is 5.59. The molecule has 0 unspecified atom stereocenters. The highest BCUT2D eigenvalue weighted by atomic mass is 19.1. The van der Waals surface area contributed by atoms with Gasteiger partial charge in [-0.2, -0.15) is 4.98 Å². The predicted molar refractivity (Wildman–Crippen MR) is 105 cm³/mol. The average Bonchev–Trinajstić information content (AvgIpc) is 2.72. The fourth-order valence-corrected chi connectivity index (χ4v) is 3.44. The second-order valence-electron chi connectivity index (χ2n) is 7.03. The third-order valence-corrected chi connectivity index (χ3v) is 4.85. The molecule has 1 fully saturated rings. The smallest absolute Gasteiger partial charge is 0.225 e. The molecule has 150 valence electrons. The van der Waals surface area contributed by atoms with Crippen LogP contribution in [0.1, 0.15) is 32.1 Å². The lowest BCUT2D eigenvalue weighted by atomic mass is 9.96. The summed E-state index contributed by atoms with van der Waals surface area (Å²) in [6, 6.07) is 8.43. The molecule has 4 rings (SSSR count). The van der Waals surface area contributed by atoms with Crippen LogP contribution in [0, 0.1) is 17.5 Å². The number of hydrogen-bond donors (Lipinski definition) is 2. The minimum Gasteiger partial charge on any atom is -0.351 e. The fraction of sp³-hybridized carbons (Fsp3) is 0.286. The molecule has 0 spiro atoms. The summed E-state index contributed by atoms with van der Waals surface area (Å²) in [7, 11) is 0. The van der Waals surface area contributed by atoms with Crippen LogP contribution in [0.3, 0.4) is 0 Å². The summed E-state index contributed by atoms with van der Waals surface area (Å²) >= 11 is 0. The molecule has 0 atom stereocenters. The van der Waals surface area contributed by atoms with Crippen molar-refractivity contribution in [2.75, 3.05) is 10.6 Å². The molecule has 1 aliphatic carbocycles. The summed E-state index contributed by atoms with van der Waals surface area (Å²) in [6.07, 6.45) is 7.15. The van der Waals surface area contributed by atoms with E-state index in [2.05, 4.69) is 25.6 Å². The molecule has 1 aromatic carbocycles. The predicted octanol–water partition coefficient (Wildman–Crippen LogP) is 5.44. The molecule has 0 aliphatic heterocycles. The highest BCUT2D eigenvalue weighted by Crippen LogP contribution is 2.27. The Morgan fingerprint density at radius 2 is 1.62 bits per heavy atom. The number of rotatable bonds is 5. The van der Waals surface area contributed by atoms with Crippen LogP contribution in [0.4, 0.5) is 30.6 Å². The lowest BCUT2D eigenvalue weighted by Crippen LogP contribution is -2.23. The topological polar surface area (TPSA) is 62.7 Å². The van der Waals surface area contributed by atoms with Crippen molar-refractivity contribution in [2.45, 2.75) is 38.1 Å². The summed E-state index contributed by atoms with van der Waals surface area (Å²) < 4.78 is 41.4. The zero-order valence-electron chi connectivity index (χ0n) is 15.6. The van der Waals surface area contributed by atoms with Gasteiger partial charge in [0.1, 0.15) is 17.3 Å². The molecule has 0 bridgehead atoms. The quantitative estimate of drug-likeness (QED) is 0.598. The summed E-state index contributed by atoms with van der Waals surface area (Å²) in [5.74, 6) is -2.53. The van der Waals surface area contributed by atoms with Crippen molar-refractivity contribution >= 4 is 17.5 Å². The molecule has 0 saturated heterocycles. The lowest BCUT2D eigenvalue weighted by Gasteiger charge is -2.23. The molecule has 1 saturated carbocycles. The number of halogens is 3. The van der Waals surface area contributed by atoms with Crippen LogP contribution < -0.4 is 10.6 Å². The highest BCUT2D eigenvalue weighted by Gasteiger charge is 2.17. The van der Waals surface area contributed by atoms with Crippen molar-refractivity contribution in [1.29, 1.82) is 0 Å². The van der Waals surface area contributed by atoms with Gasteiger partial charge in [-0.15, -0.1) is 0 Å². The summed E-state index contributed by atoms with van der Waals surface area (Å²) in [5, 5.41) is 5.94. The summed E-state index contributed by atoms with van der Waals surface area (Å²) in [6.45, 7) is 0. The number of benzene rings is 1. The molecule has 5 nitrogen and oxygen atoms in total. The monoisotopic (exact) mass is 399 g/mol. The standard InChI is InChI=1S/C21H20F3N5/c22-13-10-15(23)20(16(24)11-13)28-19-12-18(17-8-4-5-9-25-17)27-21(29-19)26-14-6-2-1-3-7-14/h4-5,8-12,14H,1-3,6-7H2,(H2,26,27,28,29). The van der Waals surface area contributed by atoms with E-state index in [0.717, 1.165) is 25.7 Å². The molecule has 1 aliphatic rings. The minimum atomic E-state index is -1.04. The van der Waals surface area contributed by atoms with Crippen LogP contribution in [0.2, 0.25) is 0 Å². The third-order valence-electron chi connectivity index (χ3n) is 4.85. The van der Waals surface area contributed by atoms with E-state index in [1.807, 2.05) is 6.07 Å². The Hall–Kier alpha value is -3.16. The van der Waals surface area contributed by atoms with Crippen molar-refractivity contribution in [3.8, 4) is 11.4 Å². The number of nitrogens with zero attached hydrogens (tertiary/aromatic N) is 3. The molecule has 3 aromatic rings. The molecule has 8 heteroatoms. The Labute approximate surface area is 166 Å². The van der Waals surface area contributed by atoms with E-state index < -0.39 is 23.1 Å². The number of aromatic nitrogens is 3. The van der Waals surface area contributed by atoms with Gasteiger partial charge in [0, 0.05) is 30.4 Å². The van der Waals surface area contributed by atoms with Crippen LogP contribution in [-0.2, 0) is 0 Å². The molecular weight excluding hydrogens is 379 g/mol. The SMILES string of the molecule is Fc1cc(F)c(Nc2cc(-c3ccccn3)nc(NC3CCCCC3)n2)c(F)c1. The Balaban J connectivity index is 1.69. The average molecular weight is 399 g/mol. The lowest BCUT2D eigenvalue weighted by molar-refractivity contribution is 0.461. The van der Waals surface area contributed by atoms with E-state index in [4.69, 9.17) is 0 Å². The molecule has 29 heavy (non-hydrogen) atoms. The molecule has 2 N–H and O–H groups in total. The highest BCUT2D eigenvalue weighted by molar-refractivity contribution is 5.65. The Bertz CT molecular complexity index is 968. The van der Waals surface area contributed by atoms with E-state index >= 15 is 0 Å². The zero-order valence-corrected chi connectivity index (χ0v) is 15.6. The van der Waals surface area contributed by atoms with E-state index in [1.54, 1.807) is 24.4 Å². The van der Waals surface area contributed by atoms with Gasteiger partial charge >= 0.3 is 0 Å². The van der Waals surface area contributed by atoms with Gasteiger partial charge in [-0.25, -0.2) is 18.2 Å². The largest absolute Gasteiger partial charge is 0.351 e. The first-order chi connectivity index (χ1) is 14.1. The maximum Gasteiger partial charge on any atom is 0.225 e. The molecule has 0 radical (unpaired) electrons. The number of anilines is 3. The fourth-order valence-electron chi connectivity index (χ4n) is 3.44. The van der Waals surface area contributed by atoms with E-state index in [-0.39, 0.29) is 11.9 Å². The van der Waals surface area contributed by atoms with Gasteiger partial charge in [-0.3, -0.25) is 4.98 Å². The van der Waals surface area contributed by atoms with Crippen molar-refractivity contribution in [2.24, 2.45) is 0 Å². The van der Waals surface area contributed by atoms with Crippen LogP contribution in [0.15, 0.2) is 42.6 Å². The summed E-state index contributed by atoms with van der Waals surface area (Å²) in [5.41, 5.74) is 0.634. The van der Waals surface area contributed by atoms with Crippen LogP contribution in [-0.4, -0.2) is 21.0 Å². The van der Waals surface area contributed by atoms with Gasteiger partial charge in [0.2, 0.25) is 5.95 Å². The van der Waals surface area contributed by atoms with E-state index in [1.165, 1.54) is 6.42 Å². The second-order valence-corrected chi connectivity index (χ2v) is 7.03. The number of nitrogens with one attached hydrogen (secondary N) is 2. The van der Waals surface area contributed by atoms with Gasteiger partial charge < -0.3 is 10.6 Å². The van der Waals surface area contributed by atoms with Crippen molar-refractivity contribution in [3.63, 3.8) is 0 Å². The molecule has 0 amide bonds. The summed E-state index contributed by atoms with van der Waals surface area (Å²) in [4.78, 5) is 13.2. The van der Waals surface area contributed by atoms with Crippen LogP contribution in [0.5, 0.6) is 0 Å². The first-order valence-electron chi connectivity index (χ1n) is 9.57. The first kappa shape index (κ1) is 19.2. The normalized spacial score (nSPS) is 14.6. The molecule has 2 aromatic heterocycles. The number of pyridine rings is 1. The molecule has 2 heterocycles. The van der Waals surface area contributed by atoms with Gasteiger partial charge in [0.15, 0.2) is 11.6 Å². The van der Waals surface area contributed by atoms with Gasteiger partial charge in [-0.1, -0.05) is 25.3 Å². The minimum absolute atomic E-state index is 0.184. The Morgan fingerprint density at radius 1 is 0.862 bits per heavy atom. The van der Waals surface area contributed by atoms with Crippen molar-refractivity contribution in [3.05, 3.63) is 60.0 Å².